The molecular formula is C14H22N2O6. The lowest BCUT2D eigenvalue weighted by Crippen LogP contribution is -2.46. The summed E-state index contributed by atoms with van der Waals surface area (Å²) in [6.07, 6.45) is 0.944. The average molecular weight is 314 g/mol. The largest absolute Gasteiger partial charge is 0.481 e. The molecule has 0 unspecified atom stereocenters. The van der Waals surface area contributed by atoms with E-state index < -0.39 is 11.4 Å². The van der Waals surface area contributed by atoms with Gasteiger partial charge in [0.05, 0.1) is 19.1 Å². The molecule has 2 rings (SSSR count). The zero-order valence-electron chi connectivity index (χ0n) is 12.7. The predicted octanol–water partition coefficient (Wildman–Crippen LogP) is 0.0723. The van der Waals surface area contributed by atoms with Crippen LogP contribution >= 0.6 is 0 Å². The topological polar surface area (TPSA) is 105 Å². The SMILES string of the molecule is COC(=O)[C@@]12CCOC[C@@H]1CN(C(=O)NCCCC(=O)O)C2. The third-order valence-electron chi connectivity index (χ3n) is 4.43. The quantitative estimate of drug-likeness (QED) is 0.550. The van der Waals surface area contributed by atoms with E-state index in [4.69, 9.17) is 14.6 Å². The number of carbonyl (C=O) groups is 3. The van der Waals surface area contributed by atoms with Crippen LogP contribution in [0.15, 0.2) is 0 Å². The molecule has 0 aliphatic carbocycles. The Morgan fingerprint density at radius 1 is 1.45 bits per heavy atom. The van der Waals surface area contributed by atoms with E-state index in [-0.39, 0.29) is 24.3 Å². The molecule has 0 aromatic rings. The Hall–Kier alpha value is -1.83. The lowest BCUT2D eigenvalue weighted by atomic mass is 9.74. The Morgan fingerprint density at radius 3 is 2.91 bits per heavy atom. The Morgan fingerprint density at radius 2 is 2.23 bits per heavy atom. The molecule has 0 spiro atoms. The van der Waals surface area contributed by atoms with Gasteiger partial charge in [0.2, 0.25) is 0 Å². The van der Waals surface area contributed by atoms with Crippen molar-refractivity contribution in [3.05, 3.63) is 0 Å². The molecule has 0 bridgehead atoms. The Labute approximate surface area is 128 Å². The van der Waals surface area contributed by atoms with Gasteiger partial charge in [-0.3, -0.25) is 9.59 Å². The molecular weight excluding hydrogens is 292 g/mol. The van der Waals surface area contributed by atoms with Gasteiger partial charge in [0.1, 0.15) is 0 Å². The van der Waals surface area contributed by atoms with E-state index in [2.05, 4.69) is 5.32 Å². The summed E-state index contributed by atoms with van der Waals surface area (Å²) in [5.41, 5.74) is -0.675. The van der Waals surface area contributed by atoms with E-state index in [0.29, 0.717) is 45.7 Å². The first kappa shape index (κ1) is 16.5. The Balaban J connectivity index is 1.92. The van der Waals surface area contributed by atoms with Crippen LogP contribution in [0.25, 0.3) is 0 Å². The van der Waals surface area contributed by atoms with Gasteiger partial charge in [-0.05, 0) is 12.8 Å². The highest BCUT2D eigenvalue weighted by molar-refractivity contribution is 5.81. The van der Waals surface area contributed by atoms with Crippen LogP contribution < -0.4 is 5.32 Å². The number of carboxylic acid groups (broad SMARTS) is 1. The van der Waals surface area contributed by atoms with E-state index in [1.165, 1.54) is 7.11 Å². The molecule has 124 valence electrons. The number of hydrogen-bond donors (Lipinski definition) is 2. The monoisotopic (exact) mass is 314 g/mol. The standard InChI is InChI=1S/C14H22N2O6/c1-21-12(19)14-4-6-22-8-10(14)7-16(9-14)13(20)15-5-2-3-11(17)18/h10H,2-9H2,1H3,(H,15,20)(H,17,18)/t10-,14+/m0/s1. The van der Waals surface area contributed by atoms with Gasteiger partial charge in [-0.15, -0.1) is 0 Å². The lowest BCUT2D eigenvalue weighted by Gasteiger charge is -2.35. The first-order valence-electron chi connectivity index (χ1n) is 7.40. The van der Waals surface area contributed by atoms with Gasteiger partial charge in [0, 0.05) is 38.6 Å². The number of fused-ring (bicyclic) bond motifs is 1. The maximum atomic E-state index is 12.2. The number of amides is 2. The summed E-state index contributed by atoms with van der Waals surface area (Å²) in [6.45, 7) is 1.99. The molecule has 2 atom stereocenters. The molecule has 22 heavy (non-hydrogen) atoms. The van der Waals surface area contributed by atoms with Crippen molar-refractivity contribution in [2.24, 2.45) is 11.3 Å². The van der Waals surface area contributed by atoms with Gasteiger partial charge >= 0.3 is 18.0 Å². The highest BCUT2D eigenvalue weighted by atomic mass is 16.5. The molecule has 0 saturated carbocycles. The minimum absolute atomic E-state index is 0.0167. The van der Waals surface area contributed by atoms with Gasteiger partial charge in [-0.2, -0.15) is 0 Å². The second-order valence-electron chi connectivity index (χ2n) is 5.78. The van der Waals surface area contributed by atoms with E-state index in [9.17, 15) is 14.4 Å². The summed E-state index contributed by atoms with van der Waals surface area (Å²) in [7, 11) is 1.36. The molecule has 2 N–H and O–H groups in total. The number of nitrogens with zero attached hydrogens (tertiary/aromatic N) is 1. The van der Waals surface area contributed by atoms with Gasteiger partial charge in [-0.25, -0.2) is 4.79 Å². The molecule has 8 nitrogen and oxygen atoms in total. The van der Waals surface area contributed by atoms with E-state index >= 15 is 0 Å². The lowest BCUT2D eigenvalue weighted by molar-refractivity contribution is -0.161. The van der Waals surface area contributed by atoms with Gasteiger partial charge < -0.3 is 24.8 Å². The molecule has 0 radical (unpaired) electrons. The van der Waals surface area contributed by atoms with Crippen molar-refractivity contribution in [1.29, 1.82) is 0 Å². The van der Waals surface area contributed by atoms with E-state index in [0.717, 1.165) is 0 Å². The zero-order chi connectivity index (χ0) is 16.2. The summed E-state index contributed by atoms with van der Waals surface area (Å²) in [5, 5.41) is 11.3. The number of hydrogen-bond acceptors (Lipinski definition) is 5. The first-order valence-corrected chi connectivity index (χ1v) is 7.40. The number of carbonyl (C=O) groups excluding carboxylic acids is 2. The number of carboxylic acids is 1. The number of likely N-dealkylation sites (tertiary alicyclic amines) is 1. The zero-order valence-corrected chi connectivity index (χ0v) is 12.7. The van der Waals surface area contributed by atoms with Crippen LogP contribution in [0, 0.1) is 11.3 Å². The van der Waals surface area contributed by atoms with Crippen molar-refractivity contribution in [1.82, 2.24) is 10.2 Å². The molecule has 2 saturated heterocycles. The van der Waals surface area contributed by atoms with Crippen molar-refractivity contribution >= 4 is 18.0 Å². The number of urea groups is 1. The van der Waals surface area contributed by atoms with E-state index in [1.807, 2.05) is 0 Å². The fraction of sp³-hybridized carbons (Fsp3) is 0.786. The predicted molar refractivity (Wildman–Crippen MR) is 75.2 cm³/mol. The normalized spacial score (nSPS) is 27.1. The summed E-state index contributed by atoms with van der Waals surface area (Å²) >= 11 is 0. The van der Waals surface area contributed by atoms with Crippen LogP contribution in [-0.2, 0) is 19.1 Å². The van der Waals surface area contributed by atoms with Crippen molar-refractivity contribution in [2.45, 2.75) is 19.3 Å². The van der Waals surface area contributed by atoms with Gasteiger partial charge in [0.15, 0.2) is 0 Å². The fourth-order valence-electron chi connectivity index (χ4n) is 3.19. The average Bonchev–Trinajstić information content (AvgIpc) is 2.91. The van der Waals surface area contributed by atoms with Gasteiger partial charge in [-0.1, -0.05) is 0 Å². The smallest absolute Gasteiger partial charge is 0.317 e. The molecule has 2 heterocycles. The Bertz CT molecular complexity index is 455. The minimum atomic E-state index is -0.886. The van der Waals surface area contributed by atoms with Crippen LogP contribution in [0.2, 0.25) is 0 Å². The fourth-order valence-corrected chi connectivity index (χ4v) is 3.19. The highest BCUT2D eigenvalue weighted by Crippen LogP contribution is 2.43. The second-order valence-corrected chi connectivity index (χ2v) is 5.78. The van der Waals surface area contributed by atoms with Crippen LogP contribution in [0.5, 0.6) is 0 Å². The number of esters is 1. The van der Waals surface area contributed by atoms with E-state index in [1.54, 1.807) is 4.90 Å². The molecule has 2 aliphatic heterocycles. The number of aliphatic carboxylic acids is 1. The van der Waals surface area contributed by atoms with Crippen molar-refractivity contribution in [2.75, 3.05) is 40.0 Å². The van der Waals surface area contributed by atoms with Gasteiger partial charge in [0.25, 0.3) is 0 Å². The maximum absolute atomic E-state index is 12.2. The summed E-state index contributed by atoms with van der Waals surface area (Å²) in [5.74, 6) is -1.23. The number of methoxy groups -OCH3 is 1. The first-order chi connectivity index (χ1) is 10.5. The summed E-state index contributed by atoms with van der Waals surface area (Å²) in [6, 6.07) is -0.275. The minimum Gasteiger partial charge on any atom is -0.481 e. The third kappa shape index (κ3) is 3.32. The number of ether oxygens (including phenoxy) is 2. The van der Waals surface area contributed by atoms with Crippen molar-refractivity contribution < 1.29 is 29.0 Å². The highest BCUT2D eigenvalue weighted by Gasteiger charge is 2.55. The molecule has 0 aromatic heterocycles. The van der Waals surface area contributed by atoms with Crippen LogP contribution in [-0.4, -0.2) is 67.9 Å². The molecule has 0 aromatic carbocycles. The molecule has 2 amide bonds. The van der Waals surface area contributed by atoms with Crippen molar-refractivity contribution in [3.8, 4) is 0 Å². The van der Waals surface area contributed by atoms with Crippen LogP contribution in [0.3, 0.4) is 0 Å². The molecule has 8 heteroatoms. The summed E-state index contributed by atoms with van der Waals surface area (Å²) in [4.78, 5) is 36.4. The van der Waals surface area contributed by atoms with Crippen LogP contribution in [0.1, 0.15) is 19.3 Å². The Kier molecular flexibility index (Phi) is 5.23. The maximum Gasteiger partial charge on any atom is 0.317 e. The number of nitrogens with one attached hydrogen (secondary N) is 1. The number of rotatable bonds is 5. The van der Waals surface area contributed by atoms with Crippen molar-refractivity contribution in [3.63, 3.8) is 0 Å². The van der Waals surface area contributed by atoms with Crippen LogP contribution in [0.4, 0.5) is 4.79 Å². The molecule has 2 fully saturated rings. The third-order valence-corrected chi connectivity index (χ3v) is 4.43. The molecule has 2 aliphatic rings. The second kappa shape index (κ2) is 6.95. The summed E-state index contributed by atoms with van der Waals surface area (Å²) < 4.78 is 10.4.